The molecule has 3 aromatic heterocycles. The second-order valence-electron chi connectivity index (χ2n) is 10.4. The third kappa shape index (κ3) is 6.09. The molecule has 0 radical (unpaired) electrons. The minimum atomic E-state index is -0.338. The normalized spacial score (nSPS) is 15.3. The molecular weight excluding hydrogens is 567 g/mol. The summed E-state index contributed by atoms with van der Waals surface area (Å²) in [5.74, 6) is 0.562. The summed E-state index contributed by atoms with van der Waals surface area (Å²) in [6.07, 6.45) is 11.6. The molecule has 1 aliphatic carbocycles. The molecule has 1 amide bonds. The highest BCUT2D eigenvalue weighted by atomic mass is 35.5. The Kier molecular flexibility index (Phi) is 8.60. The van der Waals surface area contributed by atoms with Crippen LogP contribution in [-0.2, 0) is 19.5 Å². The van der Waals surface area contributed by atoms with Crippen LogP contribution < -0.4 is 5.32 Å². The number of amides is 1. The van der Waals surface area contributed by atoms with Gasteiger partial charge in [-0.15, -0.1) is 0 Å². The topological polar surface area (TPSA) is 86.8 Å². The average Bonchev–Trinajstić information content (AvgIpc) is 3.55. The Morgan fingerprint density at radius 2 is 1.71 bits per heavy atom. The number of fused-ring (bicyclic) bond motifs is 1. The van der Waals surface area contributed by atoms with Gasteiger partial charge in [-0.1, -0.05) is 83.9 Å². The zero-order valence-electron chi connectivity index (χ0n) is 22.9. The van der Waals surface area contributed by atoms with Crippen LogP contribution in [0, 0.1) is 0 Å². The average molecular weight is 598 g/mol. The van der Waals surface area contributed by atoms with Crippen molar-refractivity contribution in [2.24, 2.45) is 0 Å². The number of hydrogen-bond donors (Lipinski definition) is 2. The number of aromatic amines is 1. The van der Waals surface area contributed by atoms with Crippen LogP contribution in [0.5, 0.6) is 0 Å². The van der Waals surface area contributed by atoms with Crippen molar-refractivity contribution in [2.45, 2.75) is 44.4 Å². The van der Waals surface area contributed by atoms with Crippen LogP contribution in [0.4, 0.5) is 0 Å². The van der Waals surface area contributed by atoms with Crippen LogP contribution in [0.3, 0.4) is 0 Å². The molecule has 0 saturated carbocycles. The van der Waals surface area contributed by atoms with Crippen molar-refractivity contribution in [3.63, 3.8) is 0 Å². The predicted octanol–water partition coefficient (Wildman–Crippen LogP) is 7.11. The SMILES string of the molecule is O=C(NCc1ccc(CN(C2CCCc3cccnc32)C(c2ccccc2)c2ncc[nH]2)cc1)c1c(Cl)cncc1Cl. The summed E-state index contributed by atoms with van der Waals surface area (Å²) in [5, 5.41) is 3.35. The number of nitrogens with zero attached hydrogens (tertiary/aromatic N) is 4. The van der Waals surface area contributed by atoms with Crippen LogP contribution in [0.1, 0.15) is 69.1 Å². The summed E-state index contributed by atoms with van der Waals surface area (Å²) in [6.45, 7) is 1.03. The molecule has 6 rings (SSSR count). The van der Waals surface area contributed by atoms with Crippen molar-refractivity contribution in [3.8, 4) is 0 Å². The zero-order chi connectivity index (χ0) is 28.9. The summed E-state index contributed by atoms with van der Waals surface area (Å²) in [6, 6.07) is 23.1. The van der Waals surface area contributed by atoms with Crippen LogP contribution in [0.15, 0.2) is 97.7 Å². The lowest BCUT2D eigenvalue weighted by Crippen LogP contribution is -2.36. The smallest absolute Gasteiger partial charge is 0.254 e. The van der Waals surface area contributed by atoms with Gasteiger partial charge in [-0.25, -0.2) is 4.98 Å². The van der Waals surface area contributed by atoms with Gasteiger partial charge in [-0.3, -0.25) is 19.7 Å². The van der Waals surface area contributed by atoms with Gasteiger partial charge in [0.1, 0.15) is 5.82 Å². The van der Waals surface area contributed by atoms with E-state index in [9.17, 15) is 4.79 Å². The van der Waals surface area contributed by atoms with Crippen LogP contribution in [0.2, 0.25) is 10.0 Å². The largest absolute Gasteiger partial charge is 0.348 e. The molecule has 2 unspecified atom stereocenters. The summed E-state index contributed by atoms with van der Waals surface area (Å²) < 4.78 is 0. The summed E-state index contributed by atoms with van der Waals surface area (Å²) in [5.41, 5.74) is 5.97. The Balaban J connectivity index is 1.28. The first-order valence-corrected chi connectivity index (χ1v) is 14.7. The van der Waals surface area contributed by atoms with Gasteiger partial charge in [-0.2, -0.15) is 0 Å². The number of pyridine rings is 2. The van der Waals surface area contributed by atoms with E-state index in [0.29, 0.717) is 13.1 Å². The Labute approximate surface area is 255 Å². The summed E-state index contributed by atoms with van der Waals surface area (Å²) in [7, 11) is 0. The lowest BCUT2D eigenvalue weighted by Gasteiger charge is -2.40. The van der Waals surface area contributed by atoms with E-state index >= 15 is 0 Å². The van der Waals surface area contributed by atoms with Crippen molar-refractivity contribution in [1.29, 1.82) is 0 Å². The predicted molar refractivity (Wildman–Crippen MR) is 164 cm³/mol. The van der Waals surface area contributed by atoms with Crippen molar-refractivity contribution < 1.29 is 4.79 Å². The fraction of sp³-hybridized carbons (Fsp3) is 0.212. The van der Waals surface area contributed by atoms with Crippen LogP contribution in [-0.4, -0.2) is 30.7 Å². The molecular formula is C33H30Cl2N6O. The van der Waals surface area contributed by atoms with E-state index in [2.05, 4.69) is 62.6 Å². The molecule has 212 valence electrons. The summed E-state index contributed by atoms with van der Waals surface area (Å²) >= 11 is 12.3. The minimum Gasteiger partial charge on any atom is -0.348 e. The highest BCUT2D eigenvalue weighted by Gasteiger charge is 2.34. The van der Waals surface area contributed by atoms with E-state index in [1.54, 1.807) is 0 Å². The molecule has 0 aliphatic heterocycles. The number of imidazole rings is 1. The van der Waals surface area contributed by atoms with Crippen molar-refractivity contribution >= 4 is 29.1 Å². The molecule has 0 bridgehead atoms. The third-order valence-corrected chi connectivity index (χ3v) is 8.29. The molecule has 0 fully saturated rings. The van der Waals surface area contributed by atoms with E-state index in [0.717, 1.165) is 41.9 Å². The molecule has 42 heavy (non-hydrogen) atoms. The number of aryl methyl sites for hydroxylation is 1. The van der Waals surface area contributed by atoms with Gasteiger partial charge in [0, 0.05) is 44.1 Å². The van der Waals surface area contributed by atoms with Gasteiger partial charge in [-0.05, 0) is 47.6 Å². The molecule has 7 nitrogen and oxygen atoms in total. The highest BCUT2D eigenvalue weighted by molar-refractivity contribution is 6.39. The fourth-order valence-corrected chi connectivity index (χ4v) is 6.27. The summed E-state index contributed by atoms with van der Waals surface area (Å²) in [4.78, 5) is 32.2. The van der Waals surface area contributed by atoms with Gasteiger partial charge in [0.25, 0.3) is 5.91 Å². The first kappa shape index (κ1) is 28.1. The van der Waals surface area contributed by atoms with E-state index < -0.39 is 0 Å². The number of aromatic nitrogens is 4. The molecule has 2 N–H and O–H groups in total. The minimum absolute atomic E-state index is 0.0898. The number of carbonyl (C=O) groups is 1. The Morgan fingerprint density at radius 1 is 0.952 bits per heavy atom. The van der Waals surface area contributed by atoms with E-state index in [1.165, 1.54) is 23.5 Å². The molecule has 3 heterocycles. The van der Waals surface area contributed by atoms with Crippen LogP contribution in [0.25, 0.3) is 0 Å². The molecule has 1 aliphatic rings. The number of benzene rings is 2. The lowest BCUT2D eigenvalue weighted by atomic mass is 9.88. The fourth-order valence-electron chi connectivity index (χ4n) is 5.73. The molecule has 2 aromatic carbocycles. The monoisotopic (exact) mass is 596 g/mol. The van der Waals surface area contributed by atoms with Crippen LogP contribution >= 0.6 is 23.2 Å². The number of H-pyrrole nitrogens is 1. The first-order valence-electron chi connectivity index (χ1n) is 14.0. The van der Waals surface area contributed by atoms with Gasteiger partial charge in [0.05, 0.1) is 33.4 Å². The third-order valence-electron chi connectivity index (χ3n) is 7.71. The van der Waals surface area contributed by atoms with E-state index in [-0.39, 0.29) is 33.6 Å². The Morgan fingerprint density at radius 3 is 2.45 bits per heavy atom. The molecule has 9 heteroatoms. The quantitative estimate of drug-likeness (QED) is 0.189. The number of rotatable bonds is 9. The first-order chi connectivity index (χ1) is 20.6. The maximum absolute atomic E-state index is 12.7. The van der Waals surface area contributed by atoms with Gasteiger partial charge >= 0.3 is 0 Å². The van der Waals surface area contributed by atoms with Gasteiger partial charge in [0.15, 0.2) is 0 Å². The Hall–Kier alpha value is -4.04. The van der Waals surface area contributed by atoms with Crippen molar-refractivity contribution in [2.75, 3.05) is 0 Å². The Bertz CT molecular complexity index is 1620. The lowest BCUT2D eigenvalue weighted by molar-refractivity contribution is 0.0951. The maximum atomic E-state index is 12.7. The number of nitrogens with one attached hydrogen (secondary N) is 2. The zero-order valence-corrected chi connectivity index (χ0v) is 24.4. The molecule has 2 atom stereocenters. The van der Waals surface area contributed by atoms with Crippen molar-refractivity contribution in [3.05, 3.63) is 147 Å². The number of halogens is 2. The van der Waals surface area contributed by atoms with Crippen molar-refractivity contribution in [1.82, 2.24) is 30.2 Å². The maximum Gasteiger partial charge on any atom is 0.254 e. The number of carbonyl (C=O) groups excluding carboxylic acids is 1. The standard InChI is InChI=1S/C33H30Cl2N6O/c34-26-19-36-20-27(35)29(26)33(42)40-18-22-11-13-23(14-12-22)21-41(28-10-4-8-24-9-5-15-37-30(24)28)31(32-38-16-17-39-32)25-6-2-1-3-7-25/h1-3,5-7,9,11-17,19-20,28,31H,4,8,10,18,21H2,(H,38,39)(H,40,42). The van der Waals surface area contributed by atoms with Gasteiger partial charge < -0.3 is 10.3 Å². The van der Waals surface area contributed by atoms with E-state index in [1.807, 2.05) is 42.9 Å². The van der Waals surface area contributed by atoms with E-state index in [4.69, 9.17) is 33.2 Å². The second-order valence-corrected chi connectivity index (χ2v) is 11.2. The number of hydrogen-bond acceptors (Lipinski definition) is 5. The molecule has 5 aromatic rings. The highest BCUT2D eigenvalue weighted by Crippen LogP contribution is 2.41. The van der Waals surface area contributed by atoms with Gasteiger partial charge in [0.2, 0.25) is 0 Å². The molecule has 0 spiro atoms. The second kappa shape index (κ2) is 12.9. The molecule has 0 saturated heterocycles.